The van der Waals surface area contributed by atoms with E-state index in [1.54, 1.807) is 10.6 Å². The monoisotopic (exact) mass is 341 g/mol. The summed E-state index contributed by atoms with van der Waals surface area (Å²) in [6.45, 7) is 4.01. The fourth-order valence-corrected chi connectivity index (χ4v) is 2.47. The zero-order valence-electron chi connectivity index (χ0n) is 9.57. The summed E-state index contributed by atoms with van der Waals surface area (Å²) in [4.78, 5) is 11.2. The molecule has 0 fully saturated rings. The third-order valence-corrected chi connectivity index (χ3v) is 3.08. The van der Waals surface area contributed by atoms with E-state index in [9.17, 15) is 4.79 Å². The van der Waals surface area contributed by atoms with Crippen molar-refractivity contribution in [2.45, 2.75) is 13.8 Å². The molecule has 0 aliphatic rings. The van der Waals surface area contributed by atoms with Crippen LogP contribution in [0, 0.1) is 17.4 Å². The molecule has 2 aromatic rings. The van der Waals surface area contributed by atoms with Gasteiger partial charge in [0.15, 0.2) is 0 Å². The molecule has 1 aromatic heterocycles. The van der Waals surface area contributed by atoms with E-state index in [1.807, 2.05) is 32.2 Å². The van der Waals surface area contributed by atoms with Crippen molar-refractivity contribution < 1.29 is 9.90 Å². The first kappa shape index (κ1) is 12.2. The summed E-state index contributed by atoms with van der Waals surface area (Å²) in [6, 6.07) is 7.70. The summed E-state index contributed by atoms with van der Waals surface area (Å²) >= 11 is 2.12. The van der Waals surface area contributed by atoms with Gasteiger partial charge < -0.3 is 9.67 Å². The van der Waals surface area contributed by atoms with Crippen molar-refractivity contribution >= 4 is 28.6 Å². The van der Waals surface area contributed by atoms with Crippen LogP contribution in [0.4, 0.5) is 0 Å². The van der Waals surface area contributed by atoms with E-state index in [0.717, 1.165) is 20.4 Å². The first-order valence-electron chi connectivity index (χ1n) is 5.17. The molecule has 3 nitrogen and oxygen atoms in total. The number of carboxylic acids is 1. The van der Waals surface area contributed by atoms with Gasteiger partial charge in [-0.3, -0.25) is 0 Å². The van der Waals surface area contributed by atoms with Gasteiger partial charge in [0.25, 0.3) is 0 Å². The molecule has 0 aliphatic carbocycles. The highest BCUT2D eigenvalue weighted by molar-refractivity contribution is 14.1. The molecular formula is C13H12INO2. The minimum absolute atomic E-state index is 0.291. The molecule has 0 amide bonds. The van der Waals surface area contributed by atoms with Gasteiger partial charge in [0.2, 0.25) is 0 Å². The van der Waals surface area contributed by atoms with Crippen LogP contribution in [0.25, 0.3) is 5.69 Å². The SMILES string of the molecule is Cc1cc(C)cc(-n2cc(I)cc2C(=O)O)c1. The van der Waals surface area contributed by atoms with E-state index >= 15 is 0 Å². The van der Waals surface area contributed by atoms with E-state index in [2.05, 4.69) is 28.7 Å². The van der Waals surface area contributed by atoms with Crippen molar-refractivity contribution in [2.75, 3.05) is 0 Å². The molecule has 0 radical (unpaired) electrons. The molecule has 0 spiro atoms. The van der Waals surface area contributed by atoms with Crippen LogP contribution in [0.5, 0.6) is 0 Å². The first-order valence-corrected chi connectivity index (χ1v) is 6.25. The fraction of sp³-hybridized carbons (Fsp3) is 0.154. The molecular weight excluding hydrogens is 329 g/mol. The van der Waals surface area contributed by atoms with Crippen LogP contribution in [0.3, 0.4) is 0 Å². The first-order chi connectivity index (χ1) is 7.97. The van der Waals surface area contributed by atoms with E-state index in [0.29, 0.717) is 5.69 Å². The maximum absolute atomic E-state index is 11.2. The molecule has 1 N–H and O–H groups in total. The Morgan fingerprint density at radius 1 is 1.18 bits per heavy atom. The van der Waals surface area contributed by atoms with Gasteiger partial charge in [-0.25, -0.2) is 4.79 Å². The van der Waals surface area contributed by atoms with Crippen molar-refractivity contribution in [3.63, 3.8) is 0 Å². The van der Waals surface area contributed by atoms with Gasteiger partial charge >= 0.3 is 5.97 Å². The lowest BCUT2D eigenvalue weighted by molar-refractivity contribution is 0.0688. The predicted molar refractivity (Wildman–Crippen MR) is 74.9 cm³/mol. The third kappa shape index (κ3) is 2.52. The van der Waals surface area contributed by atoms with Crippen molar-refractivity contribution in [1.29, 1.82) is 0 Å². The Hall–Kier alpha value is -1.30. The number of carboxylic acid groups (broad SMARTS) is 1. The number of aryl methyl sites for hydroxylation is 2. The lowest BCUT2D eigenvalue weighted by Crippen LogP contribution is -2.05. The van der Waals surface area contributed by atoms with E-state index in [1.165, 1.54) is 0 Å². The van der Waals surface area contributed by atoms with Gasteiger partial charge in [0.1, 0.15) is 5.69 Å². The molecule has 1 aromatic carbocycles. The van der Waals surface area contributed by atoms with Crippen molar-refractivity contribution in [1.82, 2.24) is 4.57 Å². The molecule has 88 valence electrons. The second-order valence-electron chi connectivity index (χ2n) is 4.06. The third-order valence-electron chi connectivity index (χ3n) is 2.49. The Kier molecular flexibility index (Phi) is 3.24. The van der Waals surface area contributed by atoms with Crippen LogP contribution in [-0.2, 0) is 0 Å². The highest BCUT2D eigenvalue weighted by atomic mass is 127. The van der Waals surface area contributed by atoms with Crippen LogP contribution >= 0.6 is 22.6 Å². The molecule has 0 bridgehead atoms. The average Bonchev–Trinajstić information content (AvgIpc) is 2.59. The number of benzene rings is 1. The second kappa shape index (κ2) is 4.52. The van der Waals surface area contributed by atoms with Gasteiger partial charge in [-0.05, 0) is 65.8 Å². The molecule has 0 saturated carbocycles. The molecule has 4 heteroatoms. The second-order valence-corrected chi connectivity index (χ2v) is 5.31. The van der Waals surface area contributed by atoms with Crippen molar-refractivity contribution in [3.8, 4) is 5.69 Å². The Bertz CT molecular complexity index is 567. The molecule has 0 saturated heterocycles. The minimum Gasteiger partial charge on any atom is -0.477 e. The Labute approximate surface area is 113 Å². The number of rotatable bonds is 2. The number of hydrogen-bond acceptors (Lipinski definition) is 1. The molecule has 0 unspecified atom stereocenters. The summed E-state index contributed by atoms with van der Waals surface area (Å²) in [6.07, 6.45) is 1.83. The normalized spacial score (nSPS) is 10.5. The maximum atomic E-state index is 11.2. The van der Waals surface area contributed by atoms with E-state index < -0.39 is 5.97 Å². The van der Waals surface area contributed by atoms with Crippen LogP contribution in [0.15, 0.2) is 30.5 Å². The highest BCUT2D eigenvalue weighted by Gasteiger charge is 2.13. The maximum Gasteiger partial charge on any atom is 0.352 e. The molecule has 1 heterocycles. The Morgan fingerprint density at radius 2 is 1.76 bits per heavy atom. The standard InChI is InChI=1S/C13H12INO2/c1-8-3-9(2)5-11(4-8)15-7-10(14)6-12(15)13(16)17/h3-7H,1-2H3,(H,16,17). The Morgan fingerprint density at radius 3 is 2.29 bits per heavy atom. The Balaban J connectivity index is 2.63. The summed E-state index contributed by atoms with van der Waals surface area (Å²) < 4.78 is 2.63. The molecule has 2 rings (SSSR count). The topological polar surface area (TPSA) is 42.2 Å². The molecule has 0 aliphatic heterocycles. The van der Waals surface area contributed by atoms with Crippen molar-refractivity contribution in [2.24, 2.45) is 0 Å². The van der Waals surface area contributed by atoms with Gasteiger partial charge in [-0.2, -0.15) is 0 Å². The number of hydrogen-bond donors (Lipinski definition) is 1. The summed E-state index contributed by atoms with van der Waals surface area (Å²) in [5.74, 6) is -0.910. The van der Waals surface area contributed by atoms with Gasteiger partial charge in [0, 0.05) is 15.5 Å². The number of carbonyl (C=O) groups is 1. The zero-order valence-corrected chi connectivity index (χ0v) is 11.7. The molecule has 0 atom stereocenters. The van der Waals surface area contributed by atoms with E-state index in [4.69, 9.17) is 5.11 Å². The quantitative estimate of drug-likeness (QED) is 0.851. The summed E-state index contributed by atoms with van der Waals surface area (Å²) in [7, 11) is 0. The average molecular weight is 341 g/mol. The van der Waals surface area contributed by atoms with Gasteiger partial charge in [-0.1, -0.05) is 6.07 Å². The van der Waals surface area contributed by atoms with Crippen LogP contribution < -0.4 is 0 Å². The number of halogens is 1. The summed E-state index contributed by atoms with van der Waals surface area (Å²) in [5, 5.41) is 9.15. The predicted octanol–water partition coefficient (Wildman–Crippen LogP) is 3.40. The van der Waals surface area contributed by atoms with Gasteiger partial charge in [0.05, 0.1) is 0 Å². The number of nitrogens with zero attached hydrogens (tertiary/aromatic N) is 1. The summed E-state index contributed by atoms with van der Waals surface area (Å²) in [5.41, 5.74) is 3.43. The van der Waals surface area contributed by atoms with Crippen LogP contribution in [0.2, 0.25) is 0 Å². The lowest BCUT2D eigenvalue weighted by Gasteiger charge is -2.08. The zero-order chi connectivity index (χ0) is 12.6. The fourth-order valence-electron chi connectivity index (χ4n) is 1.90. The largest absolute Gasteiger partial charge is 0.477 e. The van der Waals surface area contributed by atoms with Crippen molar-refractivity contribution in [3.05, 3.63) is 50.9 Å². The van der Waals surface area contributed by atoms with Crippen LogP contribution in [0.1, 0.15) is 21.6 Å². The lowest BCUT2D eigenvalue weighted by atomic mass is 10.1. The molecule has 17 heavy (non-hydrogen) atoms. The van der Waals surface area contributed by atoms with E-state index in [-0.39, 0.29) is 0 Å². The minimum atomic E-state index is -0.910. The number of aromatic nitrogens is 1. The highest BCUT2D eigenvalue weighted by Crippen LogP contribution is 2.19. The van der Waals surface area contributed by atoms with Gasteiger partial charge in [-0.15, -0.1) is 0 Å². The number of aromatic carboxylic acids is 1. The van der Waals surface area contributed by atoms with Crippen LogP contribution in [-0.4, -0.2) is 15.6 Å². The smallest absolute Gasteiger partial charge is 0.352 e.